The van der Waals surface area contributed by atoms with Crippen molar-refractivity contribution in [2.45, 2.75) is 43.7 Å². The summed E-state index contributed by atoms with van der Waals surface area (Å²) >= 11 is 0. The number of hydrogen-bond donors (Lipinski definition) is 3. The lowest BCUT2D eigenvalue weighted by Gasteiger charge is -2.38. The summed E-state index contributed by atoms with van der Waals surface area (Å²) in [7, 11) is 1.63. The van der Waals surface area contributed by atoms with Crippen LogP contribution in [0.25, 0.3) is 0 Å². The van der Waals surface area contributed by atoms with Gasteiger partial charge in [-0.3, -0.25) is 19.7 Å². The van der Waals surface area contributed by atoms with E-state index in [0.29, 0.717) is 37.4 Å². The van der Waals surface area contributed by atoms with Crippen molar-refractivity contribution in [1.29, 1.82) is 0 Å². The highest BCUT2D eigenvalue weighted by Gasteiger charge is 2.39. The summed E-state index contributed by atoms with van der Waals surface area (Å²) in [5, 5.41) is 8.19. The molecule has 3 aliphatic heterocycles. The third-order valence-corrected chi connectivity index (χ3v) is 7.52. The molecule has 2 saturated heterocycles. The van der Waals surface area contributed by atoms with Gasteiger partial charge in [0.15, 0.2) is 0 Å². The second kappa shape index (κ2) is 10.2. The predicted molar refractivity (Wildman–Crippen MR) is 134 cm³/mol. The molecule has 2 aromatic rings. The normalized spacial score (nSPS) is 20.7. The number of carbonyl (C=O) groups is 4. The second-order valence-electron chi connectivity index (χ2n) is 9.70. The summed E-state index contributed by atoms with van der Waals surface area (Å²) < 4.78 is 10.9. The largest absolute Gasteiger partial charge is 0.497 e. The summed E-state index contributed by atoms with van der Waals surface area (Å²) in [5.41, 5.74) is 2.67. The topological polar surface area (TPSA) is 126 Å². The number of fused-ring (bicyclic) bond motifs is 1. The van der Waals surface area contributed by atoms with Gasteiger partial charge in [0.05, 0.1) is 7.11 Å². The quantitative estimate of drug-likeness (QED) is 0.517. The Bertz CT molecular complexity index is 1220. The molecule has 194 valence electrons. The lowest BCUT2D eigenvalue weighted by atomic mass is 9.74. The zero-order valence-electron chi connectivity index (χ0n) is 20.7. The van der Waals surface area contributed by atoms with Crippen LogP contribution in [0.2, 0.25) is 0 Å². The maximum Gasteiger partial charge on any atom is 0.319 e. The Hall–Kier alpha value is -3.92. The number of ether oxygens (including phenoxy) is 2. The molecule has 5 amide bonds. The maximum absolute atomic E-state index is 12.9. The summed E-state index contributed by atoms with van der Waals surface area (Å²) in [6.45, 7) is 1.94. The van der Waals surface area contributed by atoms with Gasteiger partial charge in [-0.05, 0) is 60.7 Å². The fraction of sp³-hybridized carbons (Fsp3) is 0.407. The first-order valence-electron chi connectivity index (χ1n) is 12.4. The minimum absolute atomic E-state index is 0.202. The number of nitrogens with one attached hydrogen (secondary N) is 3. The molecule has 0 bridgehead atoms. The van der Waals surface area contributed by atoms with E-state index in [4.69, 9.17) is 9.47 Å². The van der Waals surface area contributed by atoms with Crippen LogP contribution in [0.4, 0.5) is 10.5 Å². The molecule has 10 nitrogen and oxygen atoms in total. The van der Waals surface area contributed by atoms with Gasteiger partial charge in [0, 0.05) is 49.4 Å². The Balaban J connectivity index is 1.23. The highest BCUT2D eigenvalue weighted by atomic mass is 16.5. The van der Waals surface area contributed by atoms with E-state index in [9.17, 15) is 19.2 Å². The second-order valence-corrected chi connectivity index (χ2v) is 9.70. The summed E-state index contributed by atoms with van der Waals surface area (Å²) in [5.74, 6) is -0.240. The molecule has 0 aliphatic carbocycles. The number of imide groups is 1. The van der Waals surface area contributed by atoms with Crippen molar-refractivity contribution in [1.82, 2.24) is 15.5 Å². The first-order chi connectivity index (χ1) is 17.9. The lowest BCUT2D eigenvalue weighted by Crippen LogP contribution is -2.52. The molecule has 0 spiro atoms. The van der Waals surface area contributed by atoms with Crippen molar-refractivity contribution in [2.24, 2.45) is 0 Å². The van der Waals surface area contributed by atoms with Crippen LogP contribution in [0.3, 0.4) is 0 Å². The fourth-order valence-corrected chi connectivity index (χ4v) is 5.35. The molecule has 1 atom stereocenters. The predicted octanol–water partition coefficient (Wildman–Crippen LogP) is 2.33. The number of benzene rings is 2. The minimum Gasteiger partial charge on any atom is -0.497 e. The molecule has 2 fully saturated rings. The Kier molecular flexibility index (Phi) is 6.84. The van der Waals surface area contributed by atoms with Crippen molar-refractivity contribution in [3.8, 4) is 5.75 Å². The van der Waals surface area contributed by atoms with E-state index in [-0.39, 0.29) is 36.2 Å². The van der Waals surface area contributed by atoms with Gasteiger partial charge in [0.2, 0.25) is 11.8 Å². The Morgan fingerprint density at radius 2 is 1.89 bits per heavy atom. The molecular weight excluding hydrogens is 476 g/mol. The average molecular weight is 507 g/mol. The number of carbonyl (C=O) groups excluding carboxylic acids is 4. The highest BCUT2D eigenvalue weighted by Crippen LogP contribution is 2.35. The van der Waals surface area contributed by atoms with Crippen molar-refractivity contribution in [2.75, 3.05) is 32.2 Å². The van der Waals surface area contributed by atoms with Gasteiger partial charge >= 0.3 is 6.03 Å². The molecule has 3 aliphatic rings. The van der Waals surface area contributed by atoms with Crippen molar-refractivity contribution >= 4 is 29.4 Å². The molecule has 1 unspecified atom stereocenters. The Labute approximate surface area is 214 Å². The van der Waals surface area contributed by atoms with Crippen LogP contribution in [0.1, 0.15) is 47.2 Å². The van der Waals surface area contributed by atoms with Crippen molar-refractivity contribution < 1.29 is 28.7 Å². The summed E-state index contributed by atoms with van der Waals surface area (Å²) in [6.07, 6.45) is 2.08. The van der Waals surface area contributed by atoms with Gasteiger partial charge < -0.3 is 25.0 Å². The Morgan fingerprint density at radius 3 is 2.59 bits per heavy atom. The number of amides is 5. The van der Waals surface area contributed by atoms with Gasteiger partial charge in [0.1, 0.15) is 11.8 Å². The highest BCUT2D eigenvalue weighted by molar-refractivity contribution is 6.05. The van der Waals surface area contributed by atoms with Crippen molar-refractivity contribution in [3.63, 3.8) is 0 Å². The van der Waals surface area contributed by atoms with Crippen molar-refractivity contribution in [3.05, 3.63) is 59.2 Å². The molecule has 0 aromatic heterocycles. The molecule has 0 radical (unpaired) electrons. The van der Waals surface area contributed by atoms with Gasteiger partial charge in [-0.25, -0.2) is 4.79 Å². The van der Waals surface area contributed by atoms with E-state index in [1.54, 1.807) is 25.3 Å². The van der Waals surface area contributed by atoms with Crippen LogP contribution in [0, 0.1) is 0 Å². The number of urea groups is 1. The molecule has 37 heavy (non-hydrogen) atoms. The van der Waals surface area contributed by atoms with E-state index < -0.39 is 11.9 Å². The van der Waals surface area contributed by atoms with Gasteiger partial charge in [-0.2, -0.15) is 0 Å². The SMILES string of the molecule is COc1ccc(C2(CNC(=O)Nc3ccc4c(c3)CN(C3CCC(=O)NC3=O)C4=O)CCOCC2)cc1. The van der Waals surface area contributed by atoms with Crippen LogP contribution >= 0.6 is 0 Å². The number of nitrogens with zero attached hydrogens (tertiary/aromatic N) is 1. The van der Waals surface area contributed by atoms with Gasteiger partial charge in [0.25, 0.3) is 5.91 Å². The number of rotatable bonds is 6. The van der Waals surface area contributed by atoms with Gasteiger partial charge in [-0.15, -0.1) is 0 Å². The first kappa shape index (κ1) is 24.8. The van der Waals surface area contributed by atoms with E-state index in [1.807, 2.05) is 24.3 Å². The minimum atomic E-state index is -0.675. The van der Waals surface area contributed by atoms with Crippen LogP contribution in [0.15, 0.2) is 42.5 Å². The molecule has 0 saturated carbocycles. The fourth-order valence-electron chi connectivity index (χ4n) is 5.35. The zero-order valence-corrected chi connectivity index (χ0v) is 20.7. The van der Waals surface area contributed by atoms with E-state index in [0.717, 1.165) is 29.7 Å². The van der Waals surface area contributed by atoms with E-state index in [1.165, 1.54) is 4.90 Å². The molecule has 3 heterocycles. The van der Waals surface area contributed by atoms with E-state index >= 15 is 0 Å². The Morgan fingerprint density at radius 1 is 1.14 bits per heavy atom. The van der Waals surface area contributed by atoms with Crippen LogP contribution in [-0.4, -0.2) is 61.6 Å². The first-order valence-corrected chi connectivity index (χ1v) is 12.4. The number of piperidine rings is 1. The smallest absolute Gasteiger partial charge is 0.319 e. The average Bonchev–Trinajstić information content (AvgIpc) is 3.23. The van der Waals surface area contributed by atoms with Crippen LogP contribution in [0.5, 0.6) is 5.75 Å². The van der Waals surface area contributed by atoms with E-state index in [2.05, 4.69) is 16.0 Å². The monoisotopic (exact) mass is 506 g/mol. The van der Waals surface area contributed by atoms with Crippen LogP contribution < -0.4 is 20.7 Å². The molecule has 10 heteroatoms. The standard InChI is InChI=1S/C27H30N4O6/c1-36-20-5-2-18(3-6-20)27(10-12-37-13-11-27)16-28-26(35)29-19-4-7-21-17(14-19)15-31(25(21)34)22-8-9-23(32)30-24(22)33/h2-7,14,22H,8-13,15-16H2,1H3,(H2,28,29,35)(H,30,32,33). The lowest BCUT2D eigenvalue weighted by molar-refractivity contribution is -0.136. The van der Waals surface area contributed by atoms with Crippen LogP contribution in [-0.2, 0) is 26.3 Å². The zero-order chi connectivity index (χ0) is 26.0. The third-order valence-electron chi connectivity index (χ3n) is 7.52. The summed E-state index contributed by atoms with van der Waals surface area (Å²) in [6, 6.07) is 12.0. The maximum atomic E-state index is 12.9. The number of anilines is 1. The summed E-state index contributed by atoms with van der Waals surface area (Å²) in [4.78, 5) is 50.9. The number of methoxy groups -OCH3 is 1. The third kappa shape index (κ3) is 5.01. The molecule has 3 N–H and O–H groups in total. The molecule has 2 aromatic carbocycles. The van der Waals surface area contributed by atoms with Gasteiger partial charge in [-0.1, -0.05) is 12.1 Å². The molecular formula is C27H30N4O6. The number of hydrogen-bond acceptors (Lipinski definition) is 6. The molecule has 5 rings (SSSR count).